The lowest BCUT2D eigenvalue weighted by molar-refractivity contribution is -0.258. The van der Waals surface area contributed by atoms with Gasteiger partial charge in [0.05, 0.1) is 0 Å². The molecule has 0 aromatic heterocycles. The van der Waals surface area contributed by atoms with Crippen LogP contribution in [-0.4, -0.2) is 41.5 Å². The third-order valence-electron chi connectivity index (χ3n) is 3.36. The summed E-state index contributed by atoms with van der Waals surface area (Å²) in [4.78, 5) is 11.0. The average molecular weight is 268 g/mol. The van der Waals surface area contributed by atoms with E-state index < -0.39 is 18.4 Å². The molecular weight excluding hydrogens is 249 g/mol. The molecule has 7 heteroatoms. The first-order valence-electron chi connectivity index (χ1n) is 5.81. The van der Waals surface area contributed by atoms with E-state index in [4.69, 9.17) is 5.11 Å². The molecule has 2 N–H and O–H groups in total. The molecule has 0 bridgehead atoms. The second-order valence-corrected chi connectivity index (χ2v) is 5.82. The van der Waals surface area contributed by atoms with Crippen LogP contribution in [0.2, 0.25) is 0 Å². The van der Waals surface area contributed by atoms with Crippen LogP contribution in [0.1, 0.15) is 27.2 Å². The third kappa shape index (κ3) is 4.04. The fourth-order valence-corrected chi connectivity index (χ4v) is 2.21. The topological polar surface area (TPSA) is 52.6 Å². The molecule has 1 aliphatic heterocycles. The summed E-state index contributed by atoms with van der Waals surface area (Å²) >= 11 is 0. The average Bonchev–Trinajstić information content (AvgIpc) is 2.13. The summed E-state index contributed by atoms with van der Waals surface area (Å²) in [6.07, 6.45) is -5.26. The van der Waals surface area contributed by atoms with E-state index in [0.717, 1.165) is 0 Å². The van der Waals surface area contributed by atoms with Gasteiger partial charge >= 0.3 is 12.4 Å². The first-order valence-corrected chi connectivity index (χ1v) is 5.81. The maximum atomic E-state index is 12.8. The van der Waals surface area contributed by atoms with Crippen LogP contribution in [0.5, 0.6) is 0 Å². The summed E-state index contributed by atoms with van der Waals surface area (Å²) in [6.45, 7) is 5.22. The Hall–Kier alpha value is -0.980. The van der Waals surface area contributed by atoms with E-state index in [-0.39, 0.29) is 24.4 Å². The van der Waals surface area contributed by atoms with Gasteiger partial charge in [-0.25, -0.2) is 9.69 Å². The van der Waals surface area contributed by atoms with E-state index in [0.29, 0.717) is 11.3 Å². The van der Waals surface area contributed by atoms with Crippen molar-refractivity contribution in [2.45, 2.75) is 39.5 Å². The highest BCUT2D eigenvalue weighted by Crippen LogP contribution is 2.36. The fraction of sp³-hybridized carbons (Fsp3) is 0.909. The fourth-order valence-electron chi connectivity index (χ4n) is 2.21. The van der Waals surface area contributed by atoms with Gasteiger partial charge in [0.15, 0.2) is 0 Å². The molecule has 1 saturated heterocycles. The first kappa shape index (κ1) is 15.1. The smallest absolute Gasteiger partial charge is 0.459 e. The van der Waals surface area contributed by atoms with Crippen molar-refractivity contribution in [3.63, 3.8) is 0 Å². The number of nitrogens with zero attached hydrogens (tertiary/aromatic N) is 1. The van der Waals surface area contributed by atoms with Crippen LogP contribution in [0.25, 0.3) is 0 Å². The SMILES string of the molecule is CC(C)(C)[C@H]1C[C@H](NC(=O)O)CN(C(F)(F)F)C1. The van der Waals surface area contributed by atoms with Crippen LogP contribution in [-0.2, 0) is 0 Å². The van der Waals surface area contributed by atoms with Gasteiger partial charge in [0.1, 0.15) is 0 Å². The van der Waals surface area contributed by atoms with Crippen molar-refractivity contribution in [1.29, 1.82) is 0 Å². The molecule has 1 heterocycles. The van der Waals surface area contributed by atoms with Gasteiger partial charge < -0.3 is 10.4 Å². The van der Waals surface area contributed by atoms with Crippen molar-refractivity contribution in [2.75, 3.05) is 13.1 Å². The number of alkyl halides is 3. The second-order valence-electron chi connectivity index (χ2n) is 5.82. The molecule has 1 amide bonds. The Morgan fingerprint density at radius 1 is 1.28 bits per heavy atom. The van der Waals surface area contributed by atoms with Crippen LogP contribution in [0.15, 0.2) is 0 Å². The zero-order chi connectivity index (χ0) is 14.1. The van der Waals surface area contributed by atoms with Crippen LogP contribution < -0.4 is 5.32 Å². The number of rotatable bonds is 1. The number of piperidine rings is 1. The van der Waals surface area contributed by atoms with Crippen LogP contribution in [0, 0.1) is 11.3 Å². The summed E-state index contributed by atoms with van der Waals surface area (Å²) < 4.78 is 38.3. The largest absolute Gasteiger partial charge is 0.465 e. The van der Waals surface area contributed by atoms with E-state index in [9.17, 15) is 18.0 Å². The standard InChI is InChI=1S/C11H19F3N2O2/c1-10(2,3)7-4-8(15-9(17)18)6-16(5-7)11(12,13)14/h7-8,15H,4-6H2,1-3H3,(H,17,18)/t7-,8-/m0/s1. The van der Waals surface area contributed by atoms with Crippen LogP contribution in [0.3, 0.4) is 0 Å². The molecule has 0 aromatic carbocycles. The van der Waals surface area contributed by atoms with Gasteiger partial charge in [-0.15, -0.1) is 0 Å². The van der Waals surface area contributed by atoms with Crippen LogP contribution >= 0.6 is 0 Å². The zero-order valence-electron chi connectivity index (χ0n) is 10.7. The highest BCUT2D eigenvalue weighted by atomic mass is 19.4. The number of nitrogens with one attached hydrogen (secondary N) is 1. The quantitative estimate of drug-likeness (QED) is 0.718. The molecule has 106 valence electrons. The maximum absolute atomic E-state index is 12.8. The number of likely N-dealkylation sites (tertiary alicyclic amines) is 1. The van der Waals surface area contributed by atoms with E-state index in [2.05, 4.69) is 5.32 Å². The minimum atomic E-state index is -4.41. The first-order chi connectivity index (χ1) is 8.00. The zero-order valence-corrected chi connectivity index (χ0v) is 10.7. The highest BCUT2D eigenvalue weighted by molar-refractivity contribution is 5.64. The summed E-state index contributed by atoms with van der Waals surface area (Å²) in [6, 6.07) is -0.679. The third-order valence-corrected chi connectivity index (χ3v) is 3.36. The number of hydrogen-bond acceptors (Lipinski definition) is 2. The lowest BCUT2D eigenvalue weighted by Crippen LogP contribution is -2.56. The van der Waals surface area contributed by atoms with Gasteiger partial charge in [-0.2, -0.15) is 13.2 Å². The van der Waals surface area contributed by atoms with Gasteiger partial charge in [0.2, 0.25) is 0 Å². The van der Waals surface area contributed by atoms with E-state index in [1.807, 2.05) is 20.8 Å². The molecule has 0 radical (unpaired) electrons. The molecule has 18 heavy (non-hydrogen) atoms. The maximum Gasteiger partial charge on any atom is 0.459 e. The van der Waals surface area contributed by atoms with Crippen molar-refractivity contribution >= 4 is 6.09 Å². The lowest BCUT2D eigenvalue weighted by atomic mass is 9.75. The van der Waals surface area contributed by atoms with Gasteiger partial charge in [-0.3, -0.25) is 0 Å². The molecule has 4 nitrogen and oxygen atoms in total. The van der Waals surface area contributed by atoms with E-state index in [1.165, 1.54) is 0 Å². The Labute approximate surface area is 104 Å². The summed E-state index contributed by atoms with van der Waals surface area (Å²) in [5, 5.41) is 10.8. The number of amides is 1. The number of halogens is 3. The molecular formula is C11H19F3N2O2. The molecule has 0 aromatic rings. The molecule has 0 saturated carbocycles. The van der Waals surface area contributed by atoms with Crippen molar-refractivity contribution < 1.29 is 23.1 Å². The summed E-state index contributed by atoms with van der Waals surface area (Å²) in [5.41, 5.74) is -0.289. The number of carbonyl (C=O) groups is 1. The molecule has 0 spiro atoms. The molecule has 2 atom stereocenters. The van der Waals surface area contributed by atoms with Crippen molar-refractivity contribution in [3.05, 3.63) is 0 Å². The number of carboxylic acid groups (broad SMARTS) is 1. The molecule has 1 fully saturated rings. The molecule has 0 aliphatic carbocycles. The lowest BCUT2D eigenvalue weighted by Gasteiger charge is -2.43. The Morgan fingerprint density at radius 3 is 2.22 bits per heavy atom. The van der Waals surface area contributed by atoms with Crippen molar-refractivity contribution in [2.24, 2.45) is 11.3 Å². The monoisotopic (exact) mass is 268 g/mol. The minimum absolute atomic E-state index is 0.0786. The van der Waals surface area contributed by atoms with Gasteiger partial charge in [0.25, 0.3) is 0 Å². The van der Waals surface area contributed by atoms with Gasteiger partial charge in [0, 0.05) is 19.1 Å². The minimum Gasteiger partial charge on any atom is -0.465 e. The Kier molecular flexibility index (Phi) is 4.15. The Morgan fingerprint density at radius 2 is 1.83 bits per heavy atom. The van der Waals surface area contributed by atoms with E-state index in [1.54, 1.807) is 0 Å². The van der Waals surface area contributed by atoms with Crippen LogP contribution in [0.4, 0.5) is 18.0 Å². The number of hydrogen-bond donors (Lipinski definition) is 2. The highest BCUT2D eigenvalue weighted by Gasteiger charge is 2.45. The predicted molar refractivity (Wildman–Crippen MR) is 60.1 cm³/mol. The van der Waals surface area contributed by atoms with Crippen molar-refractivity contribution in [1.82, 2.24) is 10.2 Å². The predicted octanol–water partition coefficient (Wildman–Crippen LogP) is 2.51. The molecule has 1 aliphatic rings. The second kappa shape index (κ2) is 4.95. The van der Waals surface area contributed by atoms with Gasteiger partial charge in [-0.05, 0) is 17.8 Å². The van der Waals surface area contributed by atoms with Crippen molar-refractivity contribution in [3.8, 4) is 0 Å². The van der Waals surface area contributed by atoms with E-state index >= 15 is 0 Å². The molecule has 0 unspecified atom stereocenters. The molecule has 1 rings (SSSR count). The Bertz CT molecular complexity index is 290. The summed E-state index contributed by atoms with van der Waals surface area (Å²) in [7, 11) is 0. The summed E-state index contributed by atoms with van der Waals surface area (Å²) in [5.74, 6) is -0.204. The Balaban J connectivity index is 2.82. The van der Waals surface area contributed by atoms with Gasteiger partial charge in [-0.1, -0.05) is 20.8 Å². The normalized spacial score (nSPS) is 27.0.